The number of para-hydroxylation sites is 1. The molecule has 5 N–H and O–H groups in total. The summed E-state index contributed by atoms with van der Waals surface area (Å²) in [4.78, 5) is 78.6. The molecule has 0 unspecified atom stereocenters. The highest BCUT2D eigenvalue weighted by Gasteiger charge is 2.28. The van der Waals surface area contributed by atoms with Gasteiger partial charge >= 0.3 is 5.69 Å². The number of aromatic nitrogens is 3. The van der Waals surface area contributed by atoms with Crippen LogP contribution in [0.3, 0.4) is 0 Å². The molecule has 0 aliphatic rings. The molecule has 0 aliphatic carbocycles. The monoisotopic (exact) mass is 783 g/mol. The molecule has 2 atom stereocenters. The number of ether oxygens (including phenoxy) is 2. The number of methoxy groups -OCH3 is 1. The van der Waals surface area contributed by atoms with Crippen LogP contribution in [0.5, 0.6) is 11.5 Å². The molecule has 0 aliphatic heterocycles. The van der Waals surface area contributed by atoms with Crippen molar-refractivity contribution in [3.63, 3.8) is 0 Å². The lowest BCUT2D eigenvalue weighted by molar-refractivity contribution is -0.128. The summed E-state index contributed by atoms with van der Waals surface area (Å²) in [6, 6.07) is 15.4. The molecule has 0 saturated heterocycles. The van der Waals surface area contributed by atoms with Gasteiger partial charge in [0.15, 0.2) is 0 Å². The van der Waals surface area contributed by atoms with Gasteiger partial charge in [-0.3, -0.25) is 33.5 Å². The van der Waals surface area contributed by atoms with Gasteiger partial charge in [-0.1, -0.05) is 43.3 Å². The second-order valence-electron chi connectivity index (χ2n) is 13.5. The van der Waals surface area contributed by atoms with E-state index in [4.69, 9.17) is 14.0 Å². The van der Waals surface area contributed by atoms with Crippen molar-refractivity contribution in [2.75, 3.05) is 17.7 Å². The van der Waals surface area contributed by atoms with Gasteiger partial charge in [0, 0.05) is 23.0 Å². The Morgan fingerprint density at radius 1 is 0.895 bits per heavy atom. The van der Waals surface area contributed by atoms with Crippen LogP contribution < -0.4 is 42.0 Å². The first-order valence-corrected chi connectivity index (χ1v) is 17.8. The van der Waals surface area contributed by atoms with Crippen LogP contribution in [0.15, 0.2) is 87.0 Å². The molecule has 57 heavy (non-hydrogen) atoms. The third-order valence-corrected chi connectivity index (χ3v) is 8.88. The predicted octanol–water partition coefficient (Wildman–Crippen LogP) is 4.07. The summed E-state index contributed by atoms with van der Waals surface area (Å²) in [6.07, 6.45) is 0.811. The van der Waals surface area contributed by atoms with Gasteiger partial charge in [-0.2, -0.15) is 4.39 Å². The van der Waals surface area contributed by atoms with E-state index < -0.39 is 58.7 Å². The quantitative estimate of drug-likeness (QED) is 0.103. The first-order chi connectivity index (χ1) is 27.1. The number of halogens is 1. The molecule has 0 fully saturated rings. The maximum Gasteiger partial charge on any atom is 0.328 e. The maximum absolute atomic E-state index is 13.6. The van der Waals surface area contributed by atoms with E-state index in [0.717, 1.165) is 16.3 Å². The SMILES string of the molecule is COc1cc(NC(=O)c2ccccc2OCc2c(C)noc2C)cc(C(=O)N[C@H](C(=O)N[C@@H](C)C(=O)Nc2ccc(Cn3cc(F)c(=O)[nH]c3=O)cc2)C(C)C)c1. The summed E-state index contributed by atoms with van der Waals surface area (Å²) >= 11 is 0. The fourth-order valence-corrected chi connectivity index (χ4v) is 5.63. The highest BCUT2D eigenvalue weighted by Crippen LogP contribution is 2.26. The zero-order valence-electron chi connectivity index (χ0n) is 32.0. The number of hydrogen-bond donors (Lipinski definition) is 5. The fraction of sp³-hybridized carbons (Fsp3) is 0.275. The summed E-state index contributed by atoms with van der Waals surface area (Å²) < 4.78 is 31.2. The van der Waals surface area contributed by atoms with E-state index in [1.54, 1.807) is 76.2 Å². The zero-order chi connectivity index (χ0) is 41.4. The molecule has 2 heterocycles. The van der Waals surface area contributed by atoms with Gasteiger partial charge in [-0.25, -0.2) is 4.79 Å². The molecule has 4 amide bonds. The topological polar surface area (TPSA) is 216 Å². The second kappa shape index (κ2) is 18.1. The number of carbonyl (C=O) groups excluding carboxylic acids is 4. The summed E-state index contributed by atoms with van der Waals surface area (Å²) in [5, 5.41) is 14.8. The molecule has 17 heteroatoms. The van der Waals surface area contributed by atoms with E-state index in [2.05, 4.69) is 26.4 Å². The van der Waals surface area contributed by atoms with E-state index >= 15 is 0 Å². The van der Waals surface area contributed by atoms with E-state index in [0.29, 0.717) is 28.5 Å². The minimum absolute atomic E-state index is 0.0307. The molecule has 16 nitrogen and oxygen atoms in total. The first-order valence-electron chi connectivity index (χ1n) is 17.8. The minimum atomic E-state index is -1.11. The molecule has 298 valence electrons. The van der Waals surface area contributed by atoms with Crippen molar-refractivity contribution in [2.45, 2.75) is 59.9 Å². The number of nitrogens with one attached hydrogen (secondary N) is 5. The molecule has 0 bridgehead atoms. The number of hydrogen-bond acceptors (Lipinski definition) is 10. The molecule has 3 aromatic carbocycles. The summed E-state index contributed by atoms with van der Waals surface area (Å²) in [5.74, 6) is -2.60. The Bertz CT molecular complexity index is 2380. The summed E-state index contributed by atoms with van der Waals surface area (Å²) in [6.45, 7) is 8.61. The molecule has 5 aromatic rings. The zero-order valence-corrected chi connectivity index (χ0v) is 32.0. The van der Waals surface area contributed by atoms with Crippen molar-refractivity contribution in [2.24, 2.45) is 5.92 Å². The van der Waals surface area contributed by atoms with E-state index in [1.807, 2.05) is 4.98 Å². The predicted molar refractivity (Wildman–Crippen MR) is 207 cm³/mol. The van der Waals surface area contributed by atoms with Gasteiger partial charge in [-0.05, 0) is 68.7 Å². The normalized spacial score (nSPS) is 12.0. The van der Waals surface area contributed by atoms with Gasteiger partial charge in [0.2, 0.25) is 17.6 Å². The number of amides is 4. The highest BCUT2D eigenvalue weighted by atomic mass is 19.1. The largest absolute Gasteiger partial charge is 0.497 e. The number of nitrogens with zero attached hydrogens (tertiary/aromatic N) is 2. The number of aryl methyl sites for hydroxylation is 2. The molecule has 5 rings (SSSR count). The smallest absolute Gasteiger partial charge is 0.328 e. The van der Waals surface area contributed by atoms with Gasteiger partial charge in [-0.15, -0.1) is 0 Å². The van der Waals surface area contributed by atoms with Crippen molar-refractivity contribution in [3.05, 3.63) is 133 Å². The van der Waals surface area contributed by atoms with Crippen molar-refractivity contribution >= 4 is 35.0 Å². The lowest BCUT2D eigenvalue weighted by atomic mass is 10.0. The Balaban J connectivity index is 1.20. The van der Waals surface area contributed by atoms with Crippen LogP contribution in [0.1, 0.15) is 64.1 Å². The van der Waals surface area contributed by atoms with Crippen molar-refractivity contribution < 1.29 is 37.6 Å². The van der Waals surface area contributed by atoms with Crippen LogP contribution in [0, 0.1) is 25.6 Å². The lowest BCUT2D eigenvalue weighted by Crippen LogP contribution is -2.53. The van der Waals surface area contributed by atoms with E-state index in [-0.39, 0.29) is 35.7 Å². The van der Waals surface area contributed by atoms with Crippen LogP contribution in [0.4, 0.5) is 15.8 Å². The summed E-state index contributed by atoms with van der Waals surface area (Å²) in [5.41, 5.74) is 1.11. The molecule has 0 saturated carbocycles. The highest BCUT2D eigenvalue weighted by molar-refractivity contribution is 6.07. The Kier molecular flexibility index (Phi) is 13.0. The number of carbonyl (C=O) groups is 4. The van der Waals surface area contributed by atoms with Crippen molar-refractivity contribution in [3.8, 4) is 11.5 Å². The van der Waals surface area contributed by atoms with Crippen LogP contribution in [-0.4, -0.2) is 57.5 Å². The molecule has 0 spiro atoms. The van der Waals surface area contributed by atoms with E-state index in [9.17, 15) is 33.2 Å². The molecule has 0 radical (unpaired) electrons. The van der Waals surface area contributed by atoms with Gasteiger partial charge in [0.25, 0.3) is 17.4 Å². The fourth-order valence-electron chi connectivity index (χ4n) is 5.63. The average Bonchev–Trinajstić information content (AvgIpc) is 3.50. The number of rotatable bonds is 15. The van der Waals surface area contributed by atoms with Gasteiger partial charge in [0.1, 0.15) is 35.9 Å². The Morgan fingerprint density at radius 3 is 2.28 bits per heavy atom. The molecule has 2 aromatic heterocycles. The standard InChI is InChI=1S/C40H42FN7O9/c1-21(2)34(39(53)42-23(4)35(49)43-27-13-11-25(12-14-27)18-48-19-32(41)38(52)46-40(48)54)45-36(50)26-15-28(17-29(16-26)55-6)44-37(51)30-9-7-8-10-33(30)56-20-31-22(3)47-57-24(31)5/h7-17,19,21,23,34H,18,20H2,1-6H3,(H,42,53)(H,43,49)(H,44,51)(H,45,50)(H,46,52,54)/t23-,34-/m0/s1. The lowest BCUT2D eigenvalue weighted by Gasteiger charge is -2.24. The Morgan fingerprint density at radius 2 is 1.61 bits per heavy atom. The number of benzene rings is 3. The number of anilines is 2. The number of H-pyrrole nitrogens is 1. The minimum Gasteiger partial charge on any atom is -0.497 e. The molecular weight excluding hydrogens is 741 g/mol. The first kappa shape index (κ1) is 41.1. The van der Waals surface area contributed by atoms with Crippen LogP contribution in [0.25, 0.3) is 0 Å². The average molecular weight is 784 g/mol. The van der Waals surface area contributed by atoms with E-state index in [1.165, 1.54) is 32.2 Å². The van der Waals surface area contributed by atoms with Gasteiger partial charge in [0.05, 0.1) is 36.7 Å². The second-order valence-corrected chi connectivity index (χ2v) is 13.5. The van der Waals surface area contributed by atoms with Crippen LogP contribution >= 0.6 is 0 Å². The van der Waals surface area contributed by atoms with Crippen LogP contribution in [-0.2, 0) is 22.7 Å². The van der Waals surface area contributed by atoms with Crippen LogP contribution in [0.2, 0.25) is 0 Å². The Hall–Kier alpha value is -7.04. The third-order valence-electron chi connectivity index (χ3n) is 8.88. The van der Waals surface area contributed by atoms with Gasteiger partial charge < -0.3 is 35.3 Å². The third kappa shape index (κ3) is 10.4. The summed E-state index contributed by atoms with van der Waals surface area (Å²) in [7, 11) is 1.41. The maximum atomic E-state index is 13.6. The Labute approximate surface area is 325 Å². The number of aromatic amines is 1. The van der Waals surface area contributed by atoms with Crippen molar-refractivity contribution in [1.29, 1.82) is 0 Å². The molecular formula is C40H42FN7O9. The van der Waals surface area contributed by atoms with Crippen molar-refractivity contribution in [1.82, 2.24) is 25.3 Å².